The molecule has 1 aromatic rings. The zero-order valence-corrected chi connectivity index (χ0v) is 17.8. The van der Waals surface area contributed by atoms with Gasteiger partial charge >= 0.3 is 0 Å². The molecule has 0 unspecified atom stereocenters. The Hall–Kier alpha value is -3.06. The topological polar surface area (TPSA) is 197 Å². The minimum absolute atomic E-state index is 0.0365. The molecule has 0 atom stereocenters. The van der Waals surface area contributed by atoms with Crippen molar-refractivity contribution in [2.45, 2.75) is 15.5 Å². The fourth-order valence-electron chi connectivity index (χ4n) is 1.47. The minimum Gasteiger partial charge on any atom is -0.342 e. The lowest BCUT2D eigenvalue weighted by atomic mass is 10.6. The van der Waals surface area contributed by atoms with E-state index in [4.69, 9.17) is 15.8 Å². The lowest BCUT2D eigenvalue weighted by Gasteiger charge is -2.07. The highest BCUT2D eigenvalue weighted by atomic mass is 32.2. The third-order valence-electron chi connectivity index (χ3n) is 2.66. The molecule has 0 saturated heterocycles. The van der Waals surface area contributed by atoms with Gasteiger partial charge in [0.05, 0.1) is 35.5 Å². The van der Waals surface area contributed by atoms with Gasteiger partial charge in [-0.25, -0.2) is 0 Å². The first-order valence-electron chi connectivity index (χ1n) is 8.04. The van der Waals surface area contributed by atoms with Crippen molar-refractivity contribution >= 4 is 53.0 Å². The molecule has 0 aliphatic heterocycles. The monoisotopic (exact) mass is 465 g/mol. The highest BCUT2D eigenvalue weighted by molar-refractivity contribution is 8.01. The molecule has 1 heterocycles. The van der Waals surface area contributed by atoms with Crippen molar-refractivity contribution in [1.29, 1.82) is 15.8 Å². The summed E-state index contributed by atoms with van der Waals surface area (Å²) < 4.78 is 0. The van der Waals surface area contributed by atoms with Crippen molar-refractivity contribution < 1.29 is 14.4 Å². The van der Waals surface area contributed by atoms with Crippen LogP contribution in [0.4, 0.5) is 0 Å². The van der Waals surface area contributed by atoms with Crippen molar-refractivity contribution in [2.75, 3.05) is 36.9 Å². The number of hydrogen-bond acceptors (Lipinski definition) is 12. The average Bonchev–Trinajstić information content (AvgIpc) is 2.75. The van der Waals surface area contributed by atoms with E-state index < -0.39 is 0 Å². The summed E-state index contributed by atoms with van der Waals surface area (Å²) in [6.45, 7) is -0.350. The largest absolute Gasteiger partial charge is 0.342 e. The Kier molecular flexibility index (Phi) is 12.4. The Morgan fingerprint density at radius 1 is 0.633 bits per heavy atom. The molecular weight excluding hydrogens is 450 g/mol. The highest BCUT2D eigenvalue weighted by Gasteiger charge is 2.13. The number of carbonyl (C=O) groups is 3. The standard InChI is InChI=1S/C15H15N9O3S3/c16-1-4-19-10(25)7-28-13-22-14(29-8-11(26)20-5-2-17)24-15(23-13)30-9-12(27)21-6-3-18/h4-9H2,(H,19,25)(H,20,26)(H,21,27). The quantitative estimate of drug-likeness (QED) is 0.253. The maximum Gasteiger partial charge on any atom is 0.231 e. The van der Waals surface area contributed by atoms with E-state index in [1.165, 1.54) is 0 Å². The fraction of sp³-hybridized carbons (Fsp3) is 0.400. The summed E-state index contributed by atoms with van der Waals surface area (Å²) in [6.07, 6.45) is 0. The van der Waals surface area contributed by atoms with E-state index in [1.54, 1.807) is 18.2 Å². The molecule has 1 aromatic heterocycles. The van der Waals surface area contributed by atoms with Gasteiger partial charge in [-0.05, 0) is 0 Å². The molecule has 12 nitrogen and oxygen atoms in total. The van der Waals surface area contributed by atoms with Crippen LogP contribution >= 0.6 is 35.3 Å². The summed E-state index contributed by atoms with van der Waals surface area (Å²) in [5.74, 6) is -1.24. The SMILES string of the molecule is N#CCNC(=O)CSc1nc(SCC(=O)NCC#N)nc(SCC(=O)NCC#N)n1. The zero-order chi connectivity index (χ0) is 22.2. The summed E-state index contributed by atoms with van der Waals surface area (Å²) in [7, 11) is 0. The van der Waals surface area contributed by atoms with Crippen LogP contribution in [0, 0.1) is 34.0 Å². The van der Waals surface area contributed by atoms with Crippen LogP contribution in [0.25, 0.3) is 0 Å². The first-order valence-corrected chi connectivity index (χ1v) is 11.0. The molecule has 0 aromatic carbocycles. The summed E-state index contributed by atoms with van der Waals surface area (Å²) in [6, 6.07) is 5.38. The number of nitriles is 3. The third-order valence-corrected chi connectivity index (χ3v) is 5.21. The summed E-state index contributed by atoms with van der Waals surface area (Å²) >= 11 is 3.02. The Balaban J connectivity index is 2.81. The molecular formula is C15H15N9O3S3. The Morgan fingerprint density at radius 2 is 0.900 bits per heavy atom. The van der Waals surface area contributed by atoms with Crippen LogP contribution in [0.2, 0.25) is 0 Å². The van der Waals surface area contributed by atoms with Crippen molar-refractivity contribution in [3.8, 4) is 18.2 Å². The van der Waals surface area contributed by atoms with Crippen LogP contribution < -0.4 is 16.0 Å². The van der Waals surface area contributed by atoms with Crippen molar-refractivity contribution in [3.63, 3.8) is 0 Å². The van der Waals surface area contributed by atoms with Crippen LogP contribution in [0.3, 0.4) is 0 Å². The summed E-state index contributed by atoms with van der Waals surface area (Å²) in [5.41, 5.74) is 0. The number of rotatable bonds is 12. The maximum atomic E-state index is 11.7. The van der Waals surface area contributed by atoms with Gasteiger partial charge in [0.2, 0.25) is 17.7 Å². The molecule has 30 heavy (non-hydrogen) atoms. The van der Waals surface area contributed by atoms with E-state index >= 15 is 0 Å². The molecule has 0 aliphatic carbocycles. The normalized spacial score (nSPS) is 9.50. The first kappa shape index (κ1) is 25.0. The second-order valence-corrected chi connectivity index (χ2v) is 7.68. The van der Waals surface area contributed by atoms with E-state index in [1.807, 2.05) is 0 Å². The molecule has 3 N–H and O–H groups in total. The van der Waals surface area contributed by atoms with Crippen molar-refractivity contribution in [3.05, 3.63) is 0 Å². The summed E-state index contributed by atoms with van der Waals surface area (Å²) in [4.78, 5) is 47.5. The molecule has 0 bridgehead atoms. The number of amides is 3. The summed E-state index contributed by atoms with van der Waals surface area (Å²) in [5, 5.41) is 33.2. The number of carbonyl (C=O) groups excluding carboxylic acids is 3. The number of aromatic nitrogens is 3. The van der Waals surface area contributed by atoms with Crippen LogP contribution in [-0.2, 0) is 14.4 Å². The number of hydrogen-bond donors (Lipinski definition) is 3. The molecule has 3 amide bonds. The maximum absolute atomic E-state index is 11.7. The van der Waals surface area contributed by atoms with Gasteiger partial charge in [0.15, 0.2) is 15.5 Å². The molecule has 15 heteroatoms. The average molecular weight is 466 g/mol. The number of nitrogens with one attached hydrogen (secondary N) is 3. The van der Waals surface area contributed by atoms with Gasteiger partial charge in [0, 0.05) is 0 Å². The number of thioether (sulfide) groups is 3. The van der Waals surface area contributed by atoms with Crippen molar-refractivity contribution in [1.82, 2.24) is 30.9 Å². The third kappa shape index (κ3) is 11.1. The minimum atomic E-state index is -0.378. The second kappa shape index (κ2) is 14.9. The van der Waals surface area contributed by atoms with Gasteiger partial charge in [-0.15, -0.1) is 0 Å². The smallest absolute Gasteiger partial charge is 0.231 e. The highest BCUT2D eigenvalue weighted by Crippen LogP contribution is 2.22. The van der Waals surface area contributed by atoms with Gasteiger partial charge < -0.3 is 16.0 Å². The van der Waals surface area contributed by atoms with E-state index in [-0.39, 0.29) is 70.1 Å². The van der Waals surface area contributed by atoms with Gasteiger partial charge in [0.1, 0.15) is 19.6 Å². The predicted octanol–water partition coefficient (Wildman–Crippen LogP) is -0.933. The molecule has 1 rings (SSSR count). The van der Waals surface area contributed by atoms with Gasteiger partial charge in [0.25, 0.3) is 0 Å². The molecule has 0 saturated carbocycles. The Morgan fingerprint density at radius 3 is 1.13 bits per heavy atom. The number of nitrogens with zero attached hydrogens (tertiary/aromatic N) is 6. The Labute approximate surface area is 184 Å². The van der Waals surface area contributed by atoms with Crippen LogP contribution in [0.5, 0.6) is 0 Å². The second-order valence-electron chi connectivity index (χ2n) is 4.85. The predicted molar refractivity (Wildman–Crippen MR) is 108 cm³/mol. The van der Waals surface area contributed by atoms with Gasteiger partial charge in [-0.1, -0.05) is 35.3 Å². The van der Waals surface area contributed by atoms with Crippen LogP contribution in [-0.4, -0.2) is 69.6 Å². The lowest BCUT2D eigenvalue weighted by Crippen LogP contribution is -2.26. The van der Waals surface area contributed by atoms with E-state index in [0.717, 1.165) is 35.3 Å². The van der Waals surface area contributed by atoms with E-state index in [2.05, 4.69) is 30.9 Å². The van der Waals surface area contributed by atoms with Gasteiger partial charge in [-0.2, -0.15) is 30.7 Å². The lowest BCUT2D eigenvalue weighted by molar-refractivity contribution is -0.119. The zero-order valence-electron chi connectivity index (χ0n) is 15.4. The fourth-order valence-corrected chi connectivity index (χ4v) is 3.64. The molecule has 0 aliphatic rings. The van der Waals surface area contributed by atoms with E-state index in [0.29, 0.717) is 0 Å². The van der Waals surface area contributed by atoms with E-state index in [9.17, 15) is 14.4 Å². The first-order chi connectivity index (χ1) is 14.5. The van der Waals surface area contributed by atoms with Crippen molar-refractivity contribution in [2.24, 2.45) is 0 Å². The molecule has 0 spiro atoms. The van der Waals surface area contributed by atoms with Crippen LogP contribution in [0.1, 0.15) is 0 Å². The Bertz CT molecular complexity index is 766. The molecule has 0 radical (unpaired) electrons. The molecule has 0 fully saturated rings. The van der Waals surface area contributed by atoms with Crippen LogP contribution in [0.15, 0.2) is 15.5 Å². The molecule has 156 valence electrons. The van der Waals surface area contributed by atoms with Gasteiger partial charge in [-0.3, -0.25) is 14.4 Å².